The van der Waals surface area contributed by atoms with E-state index < -0.39 is 40.5 Å². The van der Waals surface area contributed by atoms with Crippen molar-refractivity contribution in [1.82, 2.24) is 9.21 Å². The smallest absolute Gasteiger partial charge is 0.324 e. The molecule has 1 saturated heterocycles. The number of hydrogen-bond acceptors (Lipinski definition) is 5. The SMILES string of the molecule is CC(C)N1C(=O)CN(S(C)(=O)=O)[C@H](C(=O)O)[C@H]1c1cccs1. The number of rotatable bonds is 4. The third-order valence-corrected chi connectivity index (χ3v) is 5.71. The molecule has 0 unspecified atom stereocenters. The lowest BCUT2D eigenvalue weighted by molar-refractivity contribution is -0.154. The lowest BCUT2D eigenvalue weighted by Gasteiger charge is -2.45. The monoisotopic (exact) mass is 346 g/mol. The van der Waals surface area contributed by atoms with Gasteiger partial charge < -0.3 is 10.0 Å². The number of carboxylic acid groups (broad SMARTS) is 1. The average molecular weight is 346 g/mol. The quantitative estimate of drug-likeness (QED) is 0.868. The zero-order valence-corrected chi connectivity index (χ0v) is 14.1. The number of carbonyl (C=O) groups is 2. The molecule has 122 valence electrons. The van der Waals surface area contributed by atoms with Crippen LogP contribution in [0.4, 0.5) is 0 Å². The molecule has 2 heterocycles. The second kappa shape index (κ2) is 5.98. The zero-order valence-electron chi connectivity index (χ0n) is 12.5. The molecule has 0 spiro atoms. The van der Waals surface area contributed by atoms with Gasteiger partial charge in [-0.1, -0.05) is 6.07 Å². The summed E-state index contributed by atoms with van der Waals surface area (Å²) in [6.45, 7) is 3.12. The number of carboxylic acids is 1. The van der Waals surface area contributed by atoms with E-state index in [-0.39, 0.29) is 6.04 Å². The van der Waals surface area contributed by atoms with E-state index in [1.807, 2.05) is 0 Å². The molecule has 1 aromatic rings. The van der Waals surface area contributed by atoms with Gasteiger partial charge in [0, 0.05) is 10.9 Å². The third kappa shape index (κ3) is 3.01. The van der Waals surface area contributed by atoms with Crippen LogP contribution in [-0.4, -0.2) is 59.5 Å². The first-order valence-corrected chi connectivity index (χ1v) is 9.41. The Bertz CT molecular complexity index is 669. The highest BCUT2D eigenvalue weighted by Crippen LogP contribution is 2.36. The standard InChI is InChI=1S/C13H18N2O5S2/c1-8(2)15-10(16)7-14(22(3,19)20)12(13(17)18)11(15)9-5-4-6-21-9/h4-6,8,11-12H,7H2,1-3H3,(H,17,18)/t11-,12+/m1/s1. The lowest BCUT2D eigenvalue weighted by Crippen LogP contribution is -2.62. The molecule has 0 aliphatic carbocycles. The predicted octanol–water partition coefficient (Wildman–Crippen LogP) is 0.755. The van der Waals surface area contributed by atoms with E-state index in [9.17, 15) is 23.1 Å². The highest BCUT2D eigenvalue weighted by Gasteiger charge is 2.49. The largest absolute Gasteiger partial charge is 0.480 e. The first-order chi connectivity index (χ1) is 10.1. The van der Waals surface area contributed by atoms with Gasteiger partial charge in [0.25, 0.3) is 0 Å². The molecule has 1 N–H and O–H groups in total. The Morgan fingerprint density at radius 2 is 2.09 bits per heavy atom. The Hall–Kier alpha value is -1.45. The molecule has 0 radical (unpaired) electrons. The topological polar surface area (TPSA) is 95.0 Å². The minimum absolute atomic E-state index is 0.233. The van der Waals surface area contributed by atoms with Crippen LogP contribution < -0.4 is 0 Å². The molecule has 1 aliphatic rings. The van der Waals surface area contributed by atoms with Gasteiger partial charge in [0.2, 0.25) is 15.9 Å². The Labute approximate surface area is 133 Å². The van der Waals surface area contributed by atoms with Gasteiger partial charge in [0.1, 0.15) is 6.04 Å². The molecule has 9 heteroatoms. The summed E-state index contributed by atoms with van der Waals surface area (Å²) in [4.78, 5) is 26.3. The van der Waals surface area contributed by atoms with Gasteiger partial charge in [-0.05, 0) is 25.3 Å². The van der Waals surface area contributed by atoms with Crippen molar-refractivity contribution < 1.29 is 23.1 Å². The maximum absolute atomic E-state index is 12.4. The maximum atomic E-state index is 12.4. The van der Waals surface area contributed by atoms with Crippen molar-refractivity contribution >= 4 is 33.2 Å². The number of sulfonamides is 1. The van der Waals surface area contributed by atoms with E-state index >= 15 is 0 Å². The number of hydrogen-bond donors (Lipinski definition) is 1. The van der Waals surface area contributed by atoms with Gasteiger partial charge >= 0.3 is 5.97 Å². The van der Waals surface area contributed by atoms with E-state index in [2.05, 4.69) is 0 Å². The van der Waals surface area contributed by atoms with Gasteiger partial charge in [-0.25, -0.2) is 8.42 Å². The average Bonchev–Trinajstić information content (AvgIpc) is 2.88. The molecule has 22 heavy (non-hydrogen) atoms. The van der Waals surface area contributed by atoms with Crippen LogP contribution in [0.1, 0.15) is 24.8 Å². The van der Waals surface area contributed by atoms with Crippen LogP contribution in [0.25, 0.3) is 0 Å². The van der Waals surface area contributed by atoms with Gasteiger partial charge in [0.15, 0.2) is 0 Å². The fraction of sp³-hybridized carbons (Fsp3) is 0.538. The summed E-state index contributed by atoms with van der Waals surface area (Å²) in [5.41, 5.74) is 0. The summed E-state index contributed by atoms with van der Waals surface area (Å²) in [6, 6.07) is 1.09. The molecule has 2 rings (SSSR count). The fourth-order valence-corrected chi connectivity index (χ4v) is 4.54. The Kier molecular flexibility index (Phi) is 4.59. The van der Waals surface area contributed by atoms with Crippen LogP contribution >= 0.6 is 11.3 Å². The second-order valence-electron chi connectivity index (χ2n) is 5.45. The van der Waals surface area contributed by atoms with E-state index in [0.29, 0.717) is 4.88 Å². The number of thiophene rings is 1. The molecular weight excluding hydrogens is 328 g/mol. The lowest BCUT2D eigenvalue weighted by atomic mass is 9.99. The van der Waals surface area contributed by atoms with E-state index in [1.54, 1.807) is 31.4 Å². The molecule has 0 aromatic carbocycles. The van der Waals surface area contributed by atoms with Crippen molar-refractivity contribution in [2.24, 2.45) is 0 Å². The van der Waals surface area contributed by atoms with Crippen molar-refractivity contribution in [3.63, 3.8) is 0 Å². The van der Waals surface area contributed by atoms with Crippen molar-refractivity contribution in [3.05, 3.63) is 22.4 Å². The molecule has 2 atom stereocenters. The Balaban J connectivity index is 2.61. The molecule has 7 nitrogen and oxygen atoms in total. The molecule has 1 fully saturated rings. The van der Waals surface area contributed by atoms with E-state index in [1.165, 1.54) is 16.2 Å². The van der Waals surface area contributed by atoms with Gasteiger partial charge in [0.05, 0.1) is 18.8 Å². The van der Waals surface area contributed by atoms with Gasteiger partial charge in [-0.15, -0.1) is 11.3 Å². The number of amides is 1. The van der Waals surface area contributed by atoms with Crippen LogP contribution in [0.15, 0.2) is 17.5 Å². The zero-order chi connectivity index (χ0) is 16.7. The minimum Gasteiger partial charge on any atom is -0.480 e. The van der Waals surface area contributed by atoms with Crippen LogP contribution in [0, 0.1) is 0 Å². The van der Waals surface area contributed by atoms with Crippen LogP contribution in [-0.2, 0) is 19.6 Å². The predicted molar refractivity (Wildman–Crippen MR) is 82.0 cm³/mol. The normalized spacial score (nSPS) is 24.0. The summed E-state index contributed by atoms with van der Waals surface area (Å²) in [5, 5.41) is 11.4. The van der Waals surface area contributed by atoms with Crippen molar-refractivity contribution in [2.75, 3.05) is 12.8 Å². The molecule has 0 saturated carbocycles. The number of nitrogens with zero attached hydrogens (tertiary/aromatic N) is 2. The summed E-state index contributed by atoms with van der Waals surface area (Å²) >= 11 is 1.31. The second-order valence-corrected chi connectivity index (χ2v) is 8.36. The number of piperazine rings is 1. The van der Waals surface area contributed by atoms with Crippen molar-refractivity contribution in [2.45, 2.75) is 32.0 Å². The first kappa shape index (κ1) is 16.9. The number of aliphatic carboxylic acids is 1. The van der Waals surface area contributed by atoms with Crippen molar-refractivity contribution in [3.8, 4) is 0 Å². The fourth-order valence-electron chi connectivity index (χ4n) is 2.72. The molecular formula is C13H18N2O5S2. The first-order valence-electron chi connectivity index (χ1n) is 6.68. The Morgan fingerprint density at radius 3 is 2.50 bits per heavy atom. The molecule has 0 bridgehead atoms. The summed E-state index contributed by atoms with van der Waals surface area (Å²) in [6.07, 6.45) is 0.923. The van der Waals surface area contributed by atoms with E-state index in [0.717, 1.165) is 10.6 Å². The van der Waals surface area contributed by atoms with Crippen LogP contribution in [0.2, 0.25) is 0 Å². The van der Waals surface area contributed by atoms with Crippen LogP contribution in [0.3, 0.4) is 0 Å². The van der Waals surface area contributed by atoms with Crippen LogP contribution in [0.5, 0.6) is 0 Å². The molecule has 1 aliphatic heterocycles. The van der Waals surface area contributed by atoms with E-state index in [4.69, 9.17) is 0 Å². The van der Waals surface area contributed by atoms with Gasteiger partial charge in [-0.2, -0.15) is 4.31 Å². The molecule has 1 aromatic heterocycles. The highest BCUT2D eigenvalue weighted by molar-refractivity contribution is 7.88. The Morgan fingerprint density at radius 1 is 1.45 bits per heavy atom. The van der Waals surface area contributed by atoms with Gasteiger partial charge in [-0.3, -0.25) is 9.59 Å². The molecule has 1 amide bonds. The number of carbonyl (C=O) groups excluding carboxylic acids is 1. The maximum Gasteiger partial charge on any atom is 0.324 e. The minimum atomic E-state index is -3.82. The highest BCUT2D eigenvalue weighted by atomic mass is 32.2. The third-order valence-electron chi connectivity index (χ3n) is 3.56. The summed E-state index contributed by atoms with van der Waals surface area (Å²) in [5.74, 6) is -1.65. The van der Waals surface area contributed by atoms with Crippen molar-refractivity contribution in [1.29, 1.82) is 0 Å². The summed E-state index contributed by atoms with van der Waals surface area (Å²) in [7, 11) is -3.82. The summed E-state index contributed by atoms with van der Waals surface area (Å²) < 4.78 is 24.6.